The van der Waals surface area contributed by atoms with Crippen molar-refractivity contribution in [2.45, 2.75) is 19.3 Å². The molecule has 1 aromatic carbocycles. The van der Waals surface area contributed by atoms with Crippen LogP contribution in [0.4, 0.5) is 10.7 Å². The number of carbonyl (C=O) groups is 2. The molecule has 2 aliphatic rings. The third kappa shape index (κ3) is 4.84. The fourth-order valence-electron chi connectivity index (χ4n) is 3.96. The molecule has 9 heteroatoms. The van der Waals surface area contributed by atoms with Gasteiger partial charge in [-0.2, -0.15) is 0 Å². The third-order valence-corrected chi connectivity index (χ3v) is 6.73. The maximum Gasteiger partial charge on any atom is 0.259 e. The van der Waals surface area contributed by atoms with Gasteiger partial charge in [0.25, 0.3) is 5.91 Å². The smallest absolute Gasteiger partial charge is 0.259 e. The van der Waals surface area contributed by atoms with E-state index >= 15 is 0 Å². The highest BCUT2D eigenvalue weighted by molar-refractivity contribution is 7.17. The first kappa shape index (κ1) is 21.6. The van der Waals surface area contributed by atoms with Crippen molar-refractivity contribution < 1.29 is 23.8 Å². The molecule has 2 N–H and O–H groups in total. The van der Waals surface area contributed by atoms with Crippen molar-refractivity contribution in [2.75, 3.05) is 57.7 Å². The van der Waals surface area contributed by atoms with E-state index in [9.17, 15) is 9.59 Å². The molecule has 1 fully saturated rings. The Morgan fingerprint density at radius 2 is 1.94 bits per heavy atom. The molecule has 0 radical (unpaired) electrons. The zero-order valence-corrected chi connectivity index (χ0v) is 18.6. The SMILES string of the molecule is COc1ccc(OC)c(NC(=O)c2c(NC(=O)CN3CCOCC3)sc3c2CCC3)c1. The zero-order chi connectivity index (χ0) is 21.8. The maximum atomic E-state index is 13.3. The molecule has 166 valence electrons. The number of thiophene rings is 1. The van der Waals surface area contributed by atoms with Crippen LogP contribution in [0.5, 0.6) is 11.5 Å². The van der Waals surface area contributed by atoms with Crippen molar-refractivity contribution >= 4 is 33.8 Å². The van der Waals surface area contributed by atoms with Crippen LogP contribution >= 0.6 is 11.3 Å². The lowest BCUT2D eigenvalue weighted by Crippen LogP contribution is -2.41. The summed E-state index contributed by atoms with van der Waals surface area (Å²) in [5.74, 6) is 0.784. The lowest BCUT2D eigenvalue weighted by atomic mass is 10.1. The van der Waals surface area contributed by atoms with E-state index in [1.807, 2.05) is 0 Å². The Balaban J connectivity index is 1.55. The van der Waals surface area contributed by atoms with Gasteiger partial charge in [0.1, 0.15) is 16.5 Å². The summed E-state index contributed by atoms with van der Waals surface area (Å²) < 4.78 is 16.0. The Hall–Kier alpha value is -2.62. The van der Waals surface area contributed by atoms with E-state index in [4.69, 9.17) is 14.2 Å². The number of morpholine rings is 1. The van der Waals surface area contributed by atoms with Crippen LogP contribution in [-0.2, 0) is 22.4 Å². The minimum Gasteiger partial charge on any atom is -0.497 e. The number of amides is 2. The number of anilines is 2. The minimum absolute atomic E-state index is 0.116. The summed E-state index contributed by atoms with van der Waals surface area (Å²) in [4.78, 5) is 29.2. The number of ether oxygens (including phenoxy) is 3. The number of nitrogens with one attached hydrogen (secondary N) is 2. The molecule has 0 spiro atoms. The molecule has 4 rings (SSSR count). The quantitative estimate of drug-likeness (QED) is 0.681. The fourth-order valence-corrected chi connectivity index (χ4v) is 5.26. The van der Waals surface area contributed by atoms with E-state index in [-0.39, 0.29) is 18.4 Å². The van der Waals surface area contributed by atoms with Crippen molar-refractivity contribution in [3.05, 3.63) is 34.2 Å². The van der Waals surface area contributed by atoms with Gasteiger partial charge in [0.2, 0.25) is 5.91 Å². The molecule has 31 heavy (non-hydrogen) atoms. The van der Waals surface area contributed by atoms with Gasteiger partial charge in [-0.15, -0.1) is 11.3 Å². The number of carbonyl (C=O) groups excluding carboxylic acids is 2. The average molecular weight is 446 g/mol. The number of aryl methyl sites for hydroxylation is 1. The molecular formula is C22H27N3O5S. The van der Waals surface area contributed by atoms with E-state index in [1.165, 1.54) is 16.2 Å². The van der Waals surface area contributed by atoms with Gasteiger partial charge in [-0.1, -0.05) is 0 Å². The van der Waals surface area contributed by atoms with Gasteiger partial charge in [0.15, 0.2) is 0 Å². The largest absolute Gasteiger partial charge is 0.497 e. The third-order valence-electron chi connectivity index (χ3n) is 5.53. The number of nitrogens with zero attached hydrogens (tertiary/aromatic N) is 1. The Bertz CT molecular complexity index is 968. The van der Waals surface area contributed by atoms with Gasteiger partial charge >= 0.3 is 0 Å². The molecule has 2 heterocycles. The van der Waals surface area contributed by atoms with Gasteiger partial charge < -0.3 is 24.8 Å². The maximum absolute atomic E-state index is 13.3. The first-order valence-corrected chi connectivity index (χ1v) is 11.2. The first-order chi connectivity index (χ1) is 15.1. The Labute approximate surface area is 185 Å². The summed E-state index contributed by atoms with van der Waals surface area (Å²) >= 11 is 1.50. The minimum atomic E-state index is -0.257. The van der Waals surface area contributed by atoms with Crippen LogP contribution in [0.1, 0.15) is 27.2 Å². The Morgan fingerprint density at radius 3 is 2.68 bits per heavy atom. The molecule has 1 aliphatic heterocycles. The molecule has 1 saturated heterocycles. The fraction of sp³-hybridized carbons (Fsp3) is 0.455. The highest BCUT2D eigenvalue weighted by Crippen LogP contribution is 2.40. The van der Waals surface area contributed by atoms with Gasteiger partial charge in [0, 0.05) is 24.0 Å². The normalized spacial score (nSPS) is 15.9. The highest BCUT2D eigenvalue weighted by atomic mass is 32.1. The van der Waals surface area contributed by atoms with Crippen molar-refractivity contribution in [3.8, 4) is 11.5 Å². The molecule has 1 aromatic heterocycles. The van der Waals surface area contributed by atoms with E-state index in [2.05, 4.69) is 15.5 Å². The number of rotatable bonds is 7. The number of methoxy groups -OCH3 is 2. The van der Waals surface area contributed by atoms with E-state index < -0.39 is 0 Å². The monoisotopic (exact) mass is 445 g/mol. The standard InChI is InChI=1S/C22H27N3O5S/c1-28-14-6-7-17(29-2)16(12-14)23-21(27)20-15-4-3-5-18(15)31-22(20)24-19(26)13-25-8-10-30-11-9-25/h6-7,12H,3-5,8-11,13H2,1-2H3,(H,23,27)(H,24,26). The first-order valence-electron chi connectivity index (χ1n) is 10.4. The van der Waals surface area contributed by atoms with Crippen LogP contribution in [0.25, 0.3) is 0 Å². The predicted octanol–water partition coefficient (Wildman–Crippen LogP) is 2.78. The topological polar surface area (TPSA) is 89.1 Å². The summed E-state index contributed by atoms with van der Waals surface area (Å²) in [6.45, 7) is 3.03. The summed E-state index contributed by atoms with van der Waals surface area (Å²) in [5.41, 5.74) is 2.11. The molecular weight excluding hydrogens is 418 g/mol. The van der Waals surface area contributed by atoms with Crippen LogP contribution in [0.3, 0.4) is 0 Å². The van der Waals surface area contributed by atoms with Gasteiger partial charge in [-0.3, -0.25) is 14.5 Å². The molecule has 8 nitrogen and oxygen atoms in total. The van der Waals surface area contributed by atoms with Crippen molar-refractivity contribution in [1.82, 2.24) is 4.90 Å². The van der Waals surface area contributed by atoms with Gasteiger partial charge in [0.05, 0.1) is 45.2 Å². The van der Waals surface area contributed by atoms with E-state index in [1.54, 1.807) is 32.4 Å². The van der Waals surface area contributed by atoms with Crippen molar-refractivity contribution in [3.63, 3.8) is 0 Å². The Morgan fingerprint density at radius 1 is 1.13 bits per heavy atom. The van der Waals surface area contributed by atoms with Crippen LogP contribution in [-0.4, -0.2) is 63.8 Å². The van der Waals surface area contributed by atoms with Crippen LogP contribution in [0, 0.1) is 0 Å². The second kappa shape index (κ2) is 9.67. The summed E-state index contributed by atoms with van der Waals surface area (Å²) in [7, 11) is 3.12. The predicted molar refractivity (Wildman–Crippen MR) is 120 cm³/mol. The zero-order valence-electron chi connectivity index (χ0n) is 17.8. The van der Waals surface area contributed by atoms with E-state index in [0.29, 0.717) is 41.0 Å². The number of hydrogen-bond donors (Lipinski definition) is 2. The van der Waals surface area contributed by atoms with E-state index in [0.717, 1.165) is 37.9 Å². The van der Waals surface area contributed by atoms with Crippen LogP contribution in [0.2, 0.25) is 0 Å². The molecule has 2 amide bonds. The summed E-state index contributed by atoms with van der Waals surface area (Å²) in [5, 5.41) is 6.55. The van der Waals surface area contributed by atoms with Crippen LogP contribution in [0.15, 0.2) is 18.2 Å². The molecule has 0 atom stereocenters. The van der Waals surface area contributed by atoms with Crippen LogP contribution < -0.4 is 20.1 Å². The molecule has 2 aromatic rings. The molecule has 1 aliphatic carbocycles. The lowest BCUT2D eigenvalue weighted by molar-refractivity contribution is -0.118. The van der Waals surface area contributed by atoms with Gasteiger partial charge in [-0.05, 0) is 37.0 Å². The summed E-state index contributed by atoms with van der Waals surface area (Å²) in [6.07, 6.45) is 2.79. The molecule has 0 unspecified atom stereocenters. The highest BCUT2D eigenvalue weighted by Gasteiger charge is 2.28. The molecule has 0 saturated carbocycles. The lowest BCUT2D eigenvalue weighted by Gasteiger charge is -2.25. The number of benzene rings is 1. The summed E-state index contributed by atoms with van der Waals surface area (Å²) in [6, 6.07) is 5.24. The number of hydrogen-bond acceptors (Lipinski definition) is 7. The molecule has 0 bridgehead atoms. The van der Waals surface area contributed by atoms with Crippen molar-refractivity contribution in [2.24, 2.45) is 0 Å². The second-order valence-electron chi connectivity index (χ2n) is 7.52. The van der Waals surface area contributed by atoms with Gasteiger partial charge in [-0.25, -0.2) is 0 Å². The van der Waals surface area contributed by atoms with Crippen molar-refractivity contribution in [1.29, 1.82) is 0 Å². The average Bonchev–Trinajstić information content (AvgIpc) is 3.35. The Kier molecular flexibility index (Phi) is 6.74. The number of fused-ring (bicyclic) bond motifs is 1. The second-order valence-corrected chi connectivity index (χ2v) is 8.62.